The number of hydrogen-bond donors (Lipinski definition) is 1. The second-order valence-corrected chi connectivity index (χ2v) is 5.49. The average Bonchev–Trinajstić information content (AvgIpc) is 3.21. The summed E-state index contributed by atoms with van der Waals surface area (Å²) in [5.74, 6) is -0.738. The lowest BCUT2D eigenvalue weighted by atomic mass is 10.2. The zero-order valence-electron chi connectivity index (χ0n) is 11.2. The van der Waals surface area contributed by atoms with Crippen molar-refractivity contribution in [3.63, 3.8) is 0 Å². The van der Waals surface area contributed by atoms with E-state index in [1.807, 2.05) is 0 Å². The average molecular weight is 310 g/mol. The van der Waals surface area contributed by atoms with E-state index >= 15 is 0 Å². The molecule has 0 atom stereocenters. The summed E-state index contributed by atoms with van der Waals surface area (Å²) in [6, 6.07) is 8.86. The molecule has 21 heavy (non-hydrogen) atoms. The van der Waals surface area contributed by atoms with Gasteiger partial charge in [0.1, 0.15) is 23.1 Å². The van der Waals surface area contributed by atoms with Gasteiger partial charge in [0, 0.05) is 41.4 Å². The van der Waals surface area contributed by atoms with Crippen molar-refractivity contribution >= 4 is 11.6 Å². The van der Waals surface area contributed by atoms with E-state index < -0.39 is 11.6 Å². The highest BCUT2D eigenvalue weighted by atomic mass is 35.5. The van der Waals surface area contributed by atoms with Crippen molar-refractivity contribution in [2.75, 3.05) is 0 Å². The van der Waals surface area contributed by atoms with Gasteiger partial charge in [0.15, 0.2) is 0 Å². The highest BCUT2D eigenvalue weighted by Crippen LogP contribution is 2.32. The summed E-state index contributed by atoms with van der Waals surface area (Å²) < 4.78 is 32.0. The van der Waals surface area contributed by atoms with Gasteiger partial charge in [-0.1, -0.05) is 17.7 Å². The van der Waals surface area contributed by atoms with Gasteiger partial charge in [-0.2, -0.15) is 0 Å². The summed E-state index contributed by atoms with van der Waals surface area (Å²) in [5, 5.41) is 3.92. The Kier molecular flexibility index (Phi) is 4.08. The maximum Gasteiger partial charge on any atom is 0.133 e. The van der Waals surface area contributed by atoms with Crippen molar-refractivity contribution in [3.05, 3.63) is 58.6 Å². The number of hydrogen-bond acceptors (Lipinski definition) is 2. The van der Waals surface area contributed by atoms with Gasteiger partial charge in [0.05, 0.1) is 0 Å². The molecule has 0 unspecified atom stereocenters. The minimum Gasteiger partial charge on any atom is -0.457 e. The molecule has 0 radical (unpaired) electrons. The zero-order chi connectivity index (χ0) is 14.8. The van der Waals surface area contributed by atoms with Gasteiger partial charge in [-0.25, -0.2) is 8.78 Å². The summed E-state index contributed by atoms with van der Waals surface area (Å²) in [7, 11) is 0. The fourth-order valence-electron chi connectivity index (χ4n) is 2.05. The monoisotopic (exact) mass is 309 g/mol. The van der Waals surface area contributed by atoms with Crippen molar-refractivity contribution in [1.82, 2.24) is 5.32 Å². The normalized spacial score (nSPS) is 14.2. The number of nitrogens with one attached hydrogen (secondary N) is 1. The quantitative estimate of drug-likeness (QED) is 0.867. The summed E-state index contributed by atoms with van der Waals surface area (Å²) >= 11 is 6.19. The molecule has 1 aliphatic carbocycles. The van der Waals surface area contributed by atoms with Crippen LogP contribution in [-0.4, -0.2) is 6.04 Å². The molecule has 0 bridgehead atoms. The van der Waals surface area contributed by atoms with Crippen LogP contribution in [0.4, 0.5) is 8.78 Å². The fraction of sp³-hybridized carbons (Fsp3) is 0.250. The minimum atomic E-state index is -0.676. The van der Waals surface area contributed by atoms with Gasteiger partial charge in [0.25, 0.3) is 0 Å². The molecule has 2 aromatic rings. The molecule has 1 saturated carbocycles. The Labute approximate surface area is 126 Å². The molecule has 1 fully saturated rings. The van der Waals surface area contributed by atoms with E-state index in [2.05, 4.69) is 5.32 Å². The lowest BCUT2D eigenvalue weighted by Crippen LogP contribution is -2.16. The Morgan fingerprint density at radius 3 is 2.52 bits per heavy atom. The van der Waals surface area contributed by atoms with Crippen LogP contribution in [0.15, 0.2) is 36.4 Å². The topological polar surface area (TPSA) is 21.3 Å². The lowest BCUT2D eigenvalue weighted by molar-refractivity contribution is 0.460. The van der Waals surface area contributed by atoms with Crippen LogP contribution in [-0.2, 0) is 6.54 Å². The standard InChI is InChI=1S/C16H14ClF2NO/c17-15-2-1-3-16(14(15)9-20-12-4-5-12)21-13-7-10(18)6-11(19)8-13/h1-3,6-8,12,20H,4-5,9H2. The van der Waals surface area contributed by atoms with Gasteiger partial charge in [-0.3, -0.25) is 0 Å². The predicted octanol–water partition coefficient (Wildman–Crippen LogP) is 4.66. The van der Waals surface area contributed by atoms with Crippen LogP contribution in [0, 0.1) is 11.6 Å². The number of rotatable bonds is 5. The SMILES string of the molecule is Fc1cc(F)cc(Oc2cccc(Cl)c2CNC2CC2)c1. The third kappa shape index (κ3) is 3.71. The first-order valence-electron chi connectivity index (χ1n) is 6.76. The van der Waals surface area contributed by atoms with Gasteiger partial charge in [-0.15, -0.1) is 0 Å². The maximum atomic E-state index is 13.2. The van der Waals surface area contributed by atoms with Crippen LogP contribution in [0.3, 0.4) is 0 Å². The Morgan fingerprint density at radius 1 is 1.14 bits per heavy atom. The molecule has 3 rings (SSSR count). The molecule has 1 aliphatic rings. The highest BCUT2D eigenvalue weighted by molar-refractivity contribution is 6.31. The molecule has 2 nitrogen and oxygen atoms in total. The Balaban J connectivity index is 1.84. The van der Waals surface area contributed by atoms with Crippen LogP contribution in [0.2, 0.25) is 5.02 Å². The molecule has 2 aromatic carbocycles. The number of ether oxygens (including phenoxy) is 1. The number of benzene rings is 2. The molecule has 0 saturated heterocycles. The predicted molar refractivity (Wildman–Crippen MR) is 77.7 cm³/mol. The Morgan fingerprint density at radius 2 is 1.86 bits per heavy atom. The molecule has 0 aliphatic heterocycles. The van der Waals surface area contributed by atoms with E-state index in [0.717, 1.165) is 36.6 Å². The number of halogens is 3. The first kappa shape index (κ1) is 14.3. The molecular formula is C16H14ClF2NO. The van der Waals surface area contributed by atoms with Gasteiger partial charge in [-0.05, 0) is 25.0 Å². The van der Waals surface area contributed by atoms with Crippen molar-refractivity contribution in [2.24, 2.45) is 0 Å². The van der Waals surface area contributed by atoms with E-state index in [9.17, 15) is 8.78 Å². The van der Waals surface area contributed by atoms with E-state index in [4.69, 9.17) is 16.3 Å². The summed E-state index contributed by atoms with van der Waals surface area (Å²) in [6.07, 6.45) is 2.32. The fourth-order valence-corrected chi connectivity index (χ4v) is 2.29. The molecule has 0 amide bonds. The summed E-state index contributed by atoms with van der Waals surface area (Å²) in [4.78, 5) is 0. The Bertz CT molecular complexity index is 638. The van der Waals surface area contributed by atoms with Crippen LogP contribution in [0.25, 0.3) is 0 Å². The lowest BCUT2D eigenvalue weighted by Gasteiger charge is -2.13. The van der Waals surface area contributed by atoms with Crippen molar-refractivity contribution in [3.8, 4) is 11.5 Å². The summed E-state index contributed by atoms with van der Waals surface area (Å²) in [6.45, 7) is 0.567. The van der Waals surface area contributed by atoms with E-state index in [1.54, 1.807) is 18.2 Å². The molecule has 0 aromatic heterocycles. The van der Waals surface area contributed by atoms with Crippen LogP contribution in [0.5, 0.6) is 11.5 Å². The summed E-state index contributed by atoms with van der Waals surface area (Å²) in [5.41, 5.74) is 0.788. The first-order chi connectivity index (χ1) is 10.1. The minimum absolute atomic E-state index is 0.113. The second-order valence-electron chi connectivity index (χ2n) is 5.08. The van der Waals surface area contributed by atoms with Crippen LogP contribution in [0.1, 0.15) is 18.4 Å². The highest BCUT2D eigenvalue weighted by Gasteiger charge is 2.21. The van der Waals surface area contributed by atoms with Crippen molar-refractivity contribution < 1.29 is 13.5 Å². The largest absolute Gasteiger partial charge is 0.457 e. The molecular weight excluding hydrogens is 296 g/mol. The maximum absolute atomic E-state index is 13.2. The molecule has 110 valence electrons. The third-order valence-electron chi connectivity index (χ3n) is 3.28. The first-order valence-corrected chi connectivity index (χ1v) is 7.14. The van der Waals surface area contributed by atoms with Crippen LogP contribution >= 0.6 is 11.6 Å². The van der Waals surface area contributed by atoms with Gasteiger partial charge in [0.2, 0.25) is 0 Å². The van der Waals surface area contributed by atoms with Gasteiger partial charge < -0.3 is 10.1 Å². The molecule has 1 N–H and O–H groups in total. The van der Waals surface area contributed by atoms with Crippen LogP contribution < -0.4 is 10.1 Å². The Hall–Kier alpha value is -1.65. The zero-order valence-corrected chi connectivity index (χ0v) is 12.0. The van der Waals surface area contributed by atoms with Gasteiger partial charge >= 0.3 is 0 Å². The second kappa shape index (κ2) is 6.00. The van der Waals surface area contributed by atoms with E-state index in [1.165, 1.54) is 0 Å². The van der Waals surface area contributed by atoms with E-state index in [-0.39, 0.29) is 5.75 Å². The third-order valence-corrected chi connectivity index (χ3v) is 3.64. The molecule has 0 heterocycles. The molecule has 0 spiro atoms. The van der Waals surface area contributed by atoms with E-state index in [0.29, 0.717) is 23.4 Å². The van der Waals surface area contributed by atoms with Crippen molar-refractivity contribution in [2.45, 2.75) is 25.4 Å². The van der Waals surface area contributed by atoms with Crippen molar-refractivity contribution in [1.29, 1.82) is 0 Å². The smallest absolute Gasteiger partial charge is 0.133 e. The molecule has 5 heteroatoms.